The summed E-state index contributed by atoms with van der Waals surface area (Å²) in [5.41, 5.74) is 0.983. The van der Waals surface area contributed by atoms with E-state index >= 15 is 0 Å². The van der Waals surface area contributed by atoms with Crippen LogP contribution < -0.4 is 5.32 Å². The van der Waals surface area contributed by atoms with Crippen molar-refractivity contribution in [1.29, 1.82) is 0 Å². The Hall–Kier alpha value is -1.07. The number of hydrogen-bond acceptors (Lipinski definition) is 3. The zero-order chi connectivity index (χ0) is 15.6. The Kier molecular flexibility index (Phi) is 2.99. The molecule has 0 spiro atoms. The Balaban J connectivity index is 1.84. The monoisotopic (exact) mass is 289 g/mol. The first-order valence-electron chi connectivity index (χ1n) is 7.63. The lowest BCUT2D eigenvalue weighted by Gasteiger charge is -2.32. The smallest absolute Gasteiger partial charge is 0.399 e. The van der Waals surface area contributed by atoms with Crippen molar-refractivity contribution in [3.05, 3.63) is 23.3 Å². The minimum atomic E-state index is -0.357. The second kappa shape index (κ2) is 4.23. The minimum absolute atomic E-state index is 0.0994. The van der Waals surface area contributed by atoms with Gasteiger partial charge in [-0.1, -0.05) is 19.9 Å². The third-order valence-corrected chi connectivity index (χ3v) is 5.53. The van der Waals surface area contributed by atoms with Crippen LogP contribution in [-0.2, 0) is 14.1 Å². The van der Waals surface area contributed by atoms with Gasteiger partial charge in [-0.2, -0.15) is 0 Å². The first kappa shape index (κ1) is 14.9. The average Bonchev–Trinajstić information content (AvgIpc) is 2.70. The molecule has 0 radical (unpaired) electrons. The van der Waals surface area contributed by atoms with Crippen molar-refractivity contribution >= 4 is 13.0 Å². The van der Waals surface area contributed by atoms with Gasteiger partial charge in [0.25, 0.3) is 0 Å². The number of carbonyl (C=O) groups is 1. The molecule has 0 aromatic heterocycles. The molecule has 0 bridgehead atoms. The summed E-state index contributed by atoms with van der Waals surface area (Å²) >= 11 is 0. The second-order valence-corrected chi connectivity index (χ2v) is 7.86. The van der Waals surface area contributed by atoms with E-state index in [0.29, 0.717) is 0 Å². The predicted molar refractivity (Wildman–Crippen MR) is 82.3 cm³/mol. The topological polar surface area (TPSA) is 47.6 Å². The van der Waals surface area contributed by atoms with Crippen LogP contribution in [0.25, 0.3) is 0 Å². The van der Waals surface area contributed by atoms with E-state index in [2.05, 4.69) is 11.4 Å². The largest absolute Gasteiger partial charge is 0.494 e. The quantitative estimate of drug-likeness (QED) is 0.755. The molecule has 0 aromatic carbocycles. The molecule has 2 aliphatic heterocycles. The van der Waals surface area contributed by atoms with Gasteiger partial charge in [-0.15, -0.1) is 0 Å². The van der Waals surface area contributed by atoms with Crippen LogP contribution in [0.1, 0.15) is 48.0 Å². The fraction of sp³-hybridized carbons (Fsp3) is 0.688. The molecule has 21 heavy (non-hydrogen) atoms. The first-order valence-corrected chi connectivity index (χ1v) is 7.63. The summed E-state index contributed by atoms with van der Waals surface area (Å²) in [5, 5.41) is 3.01. The Labute approximate surface area is 127 Å². The van der Waals surface area contributed by atoms with Crippen molar-refractivity contribution in [3.8, 4) is 0 Å². The summed E-state index contributed by atoms with van der Waals surface area (Å²) in [5.74, 6) is 0.332. The molecule has 4 nitrogen and oxygen atoms in total. The van der Waals surface area contributed by atoms with Gasteiger partial charge < -0.3 is 14.6 Å². The average molecular weight is 289 g/mol. The first-order chi connectivity index (χ1) is 9.54. The molecule has 1 N–H and O–H groups in total. The highest BCUT2D eigenvalue weighted by atomic mass is 16.7. The van der Waals surface area contributed by atoms with E-state index in [9.17, 15) is 4.79 Å². The standard InChI is InChI=1S/C16H24BNO3/c1-14(2)11-8-7-10(9-12(11)18-13(14)19)17-20-15(3,4)16(5,6)21-17/h7,9,11H,8H2,1-6H3,(H,18,19). The highest BCUT2D eigenvalue weighted by Crippen LogP contribution is 2.45. The fourth-order valence-electron chi connectivity index (χ4n) is 3.12. The lowest BCUT2D eigenvalue weighted by Crippen LogP contribution is -2.41. The van der Waals surface area contributed by atoms with E-state index in [1.165, 1.54) is 0 Å². The summed E-state index contributed by atoms with van der Waals surface area (Å²) in [6.07, 6.45) is 5.03. The number of fused-ring (bicyclic) bond motifs is 1. The number of allylic oxidation sites excluding steroid dienone is 4. The van der Waals surface area contributed by atoms with Crippen LogP contribution >= 0.6 is 0 Å². The van der Waals surface area contributed by atoms with E-state index < -0.39 is 0 Å². The molecular formula is C16H24BNO3. The zero-order valence-electron chi connectivity index (χ0n) is 13.7. The van der Waals surface area contributed by atoms with Crippen LogP contribution in [-0.4, -0.2) is 24.2 Å². The Morgan fingerprint density at radius 2 is 1.71 bits per heavy atom. The number of hydrogen-bond donors (Lipinski definition) is 1. The van der Waals surface area contributed by atoms with Crippen molar-refractivity contribution < 1.29 is 14.1 Å². The normalized spacial score (nSPS) is 32.4. The maximum absolute atomic E-state index is 12.1. The van der Waals surface area contributed by atoms with Gasteiger partial charge in [0.05, 0.1) is 16.6 Å². The molecule has 3 aliphatic rings. The summed E-state index contributed by atoms with van der Waals surface area (Å²) in [7, 11) is -0.357. The van der Waals surface area contributed by atoms with E-state index in [-0.39, 0.29) is 35.6 Å². The summed E-state index contributed by atoms with van der Waals surface area (Å²) < 4.78 is 12.2. The van der Waals surface area contributed by atoms with Gasteiger partial charge in [0.1, 0.15) is 0 Å². The van der Waals surface area contributed by atoms with Crippen molar-refractivity contribution in [2.45, 2.75) is 59.2 Å². The van der Waals surface area contributed by atoms with Crippen LogP contribution in [0.3, 0.4) is 0 Å². The maximum atomic E-state index is 12.1. The minimum Gasteiger partial charge on any atom is -0.399 e. The summed E-state index contributed by atoms with van der Waals surface area (Å²) in [4.78, 5) is 12.1. The Morgan fingerprint density at radius 1 is 1.14 bits per heavy atom. The van der Waals surface area contributed by atoms with Crippen molar-refractivity contribution in [2.75, 3.05) is 0 Å². The van der Waals surface area contributed by atoms with E-state index in [4.69, 9.17) is 9.31 Å². The SMILES string of the molecule is CC1(C)C(=O)NC2=CC(B3OC(C)(C)C(C)(C)O3)=CCC21. The highest BCUT2D eigenvalue weighted by molar-refractivity contribution is 6.55. The number of rotatable bonds is 1. The molecular weight excluding hydrogens is 265 g/mol. The van der Waals surface area contributed by atoms with Crippen LogP contribution in [0.15, 0.2) is 23.3 Å². The Morgan fingerprint density at radius 3 is 2.29 bits per heavy atom. The van der Waals surface area contributed by atoms with E-state index in [1.807, 2.05) is 47.6 Å². The van der Waals surface area contributed by atoms with E-state index in [1.54, 1.807) is 0 Å². The molecule has 1 amide bonds. The summed E-state index contributed by atoms with van der Waals surface area (Å²) in [6, 6.07) is 0. The van der Waals surface area contributed by atoms with Crippen LogP contribution in [0.5, 0.6) is 0 Å². The third-order valence-electron chi connectivity index (χ3n) is 5.53. The molecule has 2 saturated heterocycles. The highest BCUT2D eigenvalue weighted by Gasteiger charge is 2.53. The maximum Gasteiger partial charge on any atom is 0.494 e. The molecule has 114 valence electrons. The molecule has 1 atom stereocenters. The van der Waals surface area contributed by atoms with Crippen molar-refractivity contribution in [2.24, 2.45) is 11.3 Å². The lowest BCUT2D eigenvalue weighted by molar-refractivity contribution is -0.127. The number of carbonyl (C=O) groups excluding carboxylic acids is 1. The van der Waals surface area contributed by atoms with Crippen LogP contribution in [0.4, 0.5) is 0 Å². The van der Waals surface area contributed by atoms with Crippen LogP contribution in [0.2, 0.25) is 0 Å². The lowest BCUT2D eigenvalue weighted by atomic mass is 9.69. The molecule has 5 heteroatoms. The Bertz CT molecular complexity index is 544. The molecule has 0 saturated carbocycles. The number of amides is 1. The van der Waals surface area contributed by atoms with Gasteiger partial charge in [0, 0.05) is 11.6 Å². The van der Waals surface area contributed by atoms with E-state index in [0.717, 1.165) is 17.6 Å². The van der Waals surface area contributed by atoms with Gasteiger partial charge in [-0.25, -0.2) is 0 Å². The second-order valence-electron chi connectivity index (χ2n) is 7.86. The molecule has 1 unspecified atom stereocenters. The van der Waals surface area contributed by atoms with Crippen molar-refractivity contribution in [3.63, 3.8) is 0 Å². The van der Waals surface area contributed by atoms with Gasteiger partial charge in [-0.05, 0) is 45.7 Å². The fourth-order valence-corrected chi connectivity index (χ4v) is 3.12. The van der Waals surface area contributed by atoms with Gasteiger partial charge >= 0.3 is 7.12 Å². The molecule has 1 aliphatic carbocycles. The van der Waals surface area contributed by atoms with Gasteiger partial charge in [-0.3, -0.25) is 4.79 Å². The van der Waals surface area contributed by atoms with Gasteiger partial charge in [0.15, 0.2) is 0 Å². The predicted octanol–water partition coefficient (Wildman–Crippen LogP) is 2.60. The molecule has 2 heterocycles. The van der Waals surface area contributed by atoms with Crippen LogP contribution in [0, 0.1) is 11.3 Å². The molecule has 0 aromatic rings. The molecule has 3 rings (SSSR count). The van der Waals surface area contributed by atoms with Gasteiger partial charge in [0.2, 0.25) is 5.91 Å². The van der Waals surface area contributed by atoms with Crippen molar-refractivity contribution in [1.82, 2.24) is 5.32 Å². The summed E-state index contributed by atoms with van der Waals surface area (Å²) in [6.45, 7) is 12.2. The molecule has 2 fully saturated rings. The third kappa shape index (κ3) is 2.09. The zero-order valence-corrected chi connectivity index (χ0v) is 13.7. The number of nitrogens with one attached hydrogen (secondary N) is 1.